The first kappa shape index (κ1) is 45.3. The Bertz CT molecular complexity index is 2990. The number of nitrogens with zero attached hydrogens (tertiary/aromatic N) is 7. The Morgan fingerprint density at radius 1 is 0.783 bits per heavy atom. The number of rotatable bonds is 13. The Labute approximate surface area is 402 Å². The number of para-hydroxylation sites is 1. The number of carbonyl (C=O) groups is 4. The number of imide groups is 1. The molecule has 0 spiro atoms. The van der Waals surface area contributed by atoms with E-state index in [9.17, 15) is 19.2 Å². The Balaban J connectivity index is 0.619. The van der Waals surface area contributed by atoms with Gasteiger partial charge in [-0.1, -0.05) is 72.5 Å². The maximum atomic E-state index is 13.6. The highest BCUT2D eigenvalue weighted by atomic mass is 16.5. The van der Waals surface area contributed by atoms with Crippen molar-refractivity contribution in [3.05, 3.63) is 154 Å². The Hall–Kier alpha value is -7.53. The average molecular weight is 919 g/mol. The van der Waals surface area contributed by atoms with Crippen LogP contribution in [-0.4, -0.2) is 117 Å². The zero-order valence-electron chi connectivity index (χ0n) is 38.6. The van der Waals surface area contributed by atoms with Gasteiger partial charge in [-0.05, 0) is 104 Å². The number of hydrogen-bond donors (Lipinski definition) is 1. The molecule has 0 saturated carbocycles. The number of ether oxygens (including phenoxy) is 1. The molecule has 0 bridgehead atoms. The van der Waals surface area contributed by atoms with Crippen LogP contribution in [0, 0.1) is 11.8 Å². The lowest BCUT2D eigenvalue weighted by atomic mass is 10.0. The van der Waals surface area contributed by atoms with Crippen molar-refractivity contribution in [2.45, 2.75) is 57.7 Å². The van der Waals surface area contributed by atoms with Gasteiger partial charge >= 0.3 is 0 Å². The van der Waals surface area contributed by atoms with Gasteiger partial charge in [0.25, 0.3) is 11.8 Å². The molecule has 2 saturated heterocycles. The number of unbranched alkanes of at least 4 members (excludes halogenated alkanes) is 2. The quantitative estimate of drug-likeness (QED) is 0.0556. The highest BCUT2D eigenvalue weighted by Gasteiger charge is 2.40. The minimum absolute atomic E-state index is 0.00675. The van der Waals surface area contributed by atoms with E-state index >= 15 is 0 Å². The topological polar surface area (TPSA) is 141 Å². The molecule has 0 aliphatic carbocycles. The third-order valence-electron chi connectivity index (χ3n) is 13.5. The Morgan fingerprint density at radius 3 is 2.38 bits per heavy atom. The van der Waals surface area contributed by atoms with Gasteiger partial charge in [-0.3, -0.25) is 34.4 Å². The van der Waals surface area contributed by atoms with Gasteiger partial charge in [-0.15, -0.1) is 0 Å². The zero-order valence-corrected chi connectivity index (χ0v) is 38.6. The fourth-order valence-electron chi connectivity index (χ4n) is 9.51. The maximum absolute atomic E-state index is 13.6. The summed E-state index contributed by atoms with van der Waals surface area (Å²) in [6.07, 6.45) is 12.2. The van der Waals surface area contributed by atoms with Gasteiger partial charge in [0.1, 0.15) is 11.8 Å². The van der Waals surface area contributed by atoms with Gasteiger partial charge in [0.15, 0.2) is 5.82 Å². The summed E-state index contributed by atoms with van der Waals surface area (Å²) in [5.41, 5.74) is 8.86. The number of piperazine rings is 1. The van der Waals surface area contributed by atoms with Crippen LogP contribution in [0.4, 0.5) is 0 Å². The van der Waals surface area contributed by atoms with Crippen LogP contribution in [0.25, 0.3) is 34.4 Å². The largest absolute Gasteiger partial charge is 0.493 e. The number of nitrogens with one attached hydrogen (secondary N) is 1. The van der Waals surface area contributed by atoms with Gasteiger partial charge in [0.2, 0.25) is 11.8 Å². The van der Waals surface area contributed by atoms with Crippen molar-refractivity contribution in [3.63, 3.8) is 0 Å². The molecule has 69 heavy (non-hydrogen) atoms. The number of pyridine rings is 1. The summed E-state index contributed by atoms with van der Waals surface area (Å²) in [6.45, 7) is 7.80. The van der Waals surface area contributed by atoms with E-state index in [0.29, 0.717) is 61.8 Å². The van der Waals surface area contributed by atoms with Crippen molar-refractivity contribution < 1.29 is 23.9 Å². The van der Waals surface area contributed by atoms with Gasteiger partial charge in [0, 0.05) is 84.7 Å². The van der Waals surface area contributed by atoms with E-state index in [-0.39, 0.29) is 24.1 Å². The molecule has 4 amide bonds. The van der Waals surface area contributed by atoms with Crippen LogP contribution in [0.15, 0.2) is 109 Å². The highest BCUT2D eigenvalue weighted by Crippen LogP contribution is 2.34. The first-order chi connectivity index (χ1) is 33.8. The van der Waals surface area contributed by atoms with Gasteiger partial charge in [0.05, 0.1) is 37.5 Å². The minimum atomic E-state index is -0.635. The predicted octanol–water partition coefficient (Wildman–Crippen LogP) is 7.04. The van der Waals surface area contributed by atoms with Crippen LogP contribution in [0.3, 0.4) is 0 Å². The van der Waals surface area contributed by atoms with Gasteiger partial charge in [-0.2, -0.15) is 0 Å². The third kappa shape index (κ3) is 10.6. The van der Waals surface area contributed by atoms with Crippen molar-refractivity contribution in [1.29, 1.82) is 0 Å². The number of carbonyl (C=O) groups excluding carboxylic acids is 4. The van der Waals surface area contributed by atoms with Crippen molar-refractivity contribution in [2.75, 3.05) is 52.4 Å². The second-order valence-corrected chi connectivity index (χ2v) is 18.1. The normalized spacial score (nSPS) is 17.4. The summed E-state index contributed by atoms with van der Waals surface area (Å²) in [6, 6.07) is 30.9. The second kappa shape index (κ2) is 20.8. The number of amides is 4. The number of benzene rings is 4. The molecule has 4 aliphatic heterocycles. The van der Waals surface area contributed by atoms with E-state index < -0.39 is 11.9 Å². The van der Waals surface area contributed by atoms with E-state index in [1.165, 1.54) is 0 Å². The Kier molecular flexibility index (Phi) is 13.6. The van der Waals surface area contributed by atoms with Crippen molar-refractivity contribution in [2.24, 2.45) is 0 Å². The van der Waals surface area contributed by atoms with Crippen molar-refractivity contribution in [1.82, 2.24) is 39.9 Å². The maximum Gasteiger partial charge on any atom is 0.255 e. The summed E-state index contributed by atoms with van der Waals surface area (Å²) in [5, 5.41) is 3.39. The highest BCUT2D eigenvalue weighted by molar-refractivity contribution is 6.05. The lowest BCUT2D eigenvalue weighted by Crippen LogP contribution is -2.52. The van der Waals surface area contributed by atoms with Crippen LogP contribution in [0.2, 0.25) is 0 Å². The SMILES string of the molecule is O=C1CCC(N2Cc3c(OCCCCCN4CCN(CC#Cc5ccc(/C=C/c6ccc(C(=O)N7CCc8cnc(-c9cnc%10ccccc%10c9)nc8C7)cc6)cc5)CC4)cccc3C2=O)C(=O)N1. The van der Waals surface area contributed by atoms with Gasteiger partial charge in [-0.25, -0.2) is 9.97 Å². The summed E-state index contributed by atoms with van der Waals surface area (Å²) in [4.78, 5) is 73.2. The van der Waals surface area contributed by atoms with Crippen LogP contribution in [0.1, 0.15) is 86.3 Å². The van der Waals surface area contributed by atoms with Crippen LogP contribution < -0.4 is 10.1 Å². The Morgan fingerprint density at radius 2 is 1.57 bits per heavy atom. The molecule has 4 aliphatic rings. The summed E-state index contributed by atoms with van der Waals surface area (Å²) in [5.74, 6) is 7.13. The van der Waals surface area contributed by atoms with Crippen LogP contribution in [0.5, 0.6) is 5.75 Å². The smallest absolute Gasteiger partial charge is 0.255 e. The van der Waals surface area contributed by atoms with Crippen molar-refractivity contribution >= 4 is 46.7 Å². The van der Waals surface area contributed by atoms with E-state index in [1.807, 2.05) is 71.8 Å². The number of hydrogen-bond acceptors (Lipinski definition) is 10. The fraction of sp³-hybridized carbons (Fsp3) is 0.304. The fourth-order valence-corrected chi connectivity index (χ4v) is 9.51. The molecule has 1 atom stereocenters. The monoisotopic (exact) mass is 918 g/mol. The van der Waals surface area contributed by atoms with E-state index in [4.69, 9.17) is 9.72 Å². The molecule has 1 unspecified atom stereocenters. The summed E-state index contributed by atoms with van der Waals surface area (Å²) >= 11 is 0. The molecule has 4 aromatic carbocycles. The first-order valence-electron chi connectivity index (χ1n) is 24.0. The molecule has 1 N–H and O–H groups in total. The third-order valence-corrected chi connectivity index (χ3v) is 13.5. The standard InChI is InChI=1S/C56H54N8O5/c65-52-24-23-50(54(66)60-52)64-37-47-46(56(64)68)10-6-12-51(47)69-33-5-1-4-26-61-29-31-62(32-30-61)27-7-8-39-13-15-40(16-14-39)17-18-41-19-21-42(22-20-41)55(67)63-28-25-44-35-58-53(59-49(44)38-63)45-34-43-9-2-3-11-48(43)57-36-45/h2-3,6,9-22,34-36,50H,1,4-5,23-33,37-38H2,(H,60,65,66)/b18-17+. The predicted molar refractivity (Wildman–Crippen MR) is 265 cm³/mol. The summed E-state index contributed by atoms with van der Waals surface area (Å²) < 4.78 is 6.15. The molecule has 13 heteroatoms. The molecule has 6 aromatic rings. The molecule has 2 fully saturated rings. The van der Waals surface area contributed by atoms with Gasteiger partial charge < -0.3 is 19.4 Å². The van der Waals surface area contributed by atoms with E-state index in [0.717, 1.165) is 109 Å². The van der Waals surface area contributed by atoms with E-state index in [1.54, 1.807) is 17.2 Å². The lowest BCUT2D eigenvalue weighted by Gasteiger charge is -2.33. The molecule has 348 valence electrons. The average Bonchev–Trinajstić information content (AvgIpc) is 3.72. The molecule has 13 nitrogen and oxygen atoms in total. The molecule has 6 heterocycles. The van der Waals surface area contributed by atoms with Crippen LogP contribution >= 0.6 is 0 Å². The van der Waals surface area contributed by atoms with Crippen LogP contribution in [-0.2, 0) is 29.1 Å². The second-order valence-electron chi connectivity index (χ2n) is 18.1. The molecular formula is C56H54N8O5. The lowest BCUT2D eigenvalue weighted by molar-refractivity contribution is -0.136. The molecule has 10 rings (SSSR count). The molecule has 0 radical (unpaired) electrons. The first-order valence-corrected chi connectivity index (χ1v) is 24.0. The molecule has 2 aromatic heterocycles. The van der Waals surface area contributed by atoms with Crippen molar-refractivity contribution in [3.8, 4) is 29.0 Å². The minimum Gasteiger partial charge on any atom is -0.493 e. The number of aromatic nitrogens is 3. The van der Waals surface area contributed by atoms with E-state index in [2.05, 4.69) is 79.4 Å². The zero-order chi connectivity index (χ0) is 47.1. The number of piperidine rings is 1. The summed E-state index contributed by atoms with van der Waals surface area (Å²) in [7, 11) is 0. The number of fused-ring (bicyclic) bond motifs is 3. The molecular weight excluding hydrogens is 865 g/mol.